The number of ether oxygens (including phenoxy) is 4. The molecule has 0 spiro atoms. The summed E-state index contributed by atoms with van der Waals surface area (Å²) in [4.78, 5) is 18.2. The molecule has 0 bridgehead atoms. The Labute approximate surface area is 152 Å². The zero-order valence-corrected chi connectivity index (χ0v) is 15.0. The minimum Gasteiger partial charge on any atom is -0.475 e. The van der Waals surface area contributed by atoms with Gasteiger partial charge in [0.15, 0.2) is 6.29 Å². The molecule has 8 heteroatoms. The number of nitrogens with zero attached hydrogens (tertiary/aromatic N) is 2. The smallest absolute Gasteiger partial charge is 0.213 e. The van der Waals surface area contributed by atoms with E-state index in [4.69, 9.17) is 24.1 Å². The van der Waals surface area contributed by atoms with Crippen molar-refractivity contribution in [2.45, 2.75) is 6.61 Å². The summed E-state index contributed by atoms with van der Waals surface area (Å²) in [7, 11) is 3.22. The van der Waals surface area contributed by atoms with Crippen molar-refractivity contribution in [1.29, 1.82) is 0 Å². The number of hydrogen-bond donors (Lipinski definition) is 1. The summed E-state index contributed by atoms with van der Waals surface area (Å²) < 4.78 is 20.0. The van der Waals surface area contributed by atoms with Gasteiger partial charge in [-0.3, -0.25) is 4.79 Å². The minimum atomic E-state index is 0.00531. The van der Waals surface area contributed by atoms with Crippen molar-refractivity contribution < 1.29 is 28.8 Å². The van der Waals surface area contributed by atoms with Gasteiger partial charge in [0.25, 0.3) is 0 Å². The van der Waals surface area contributed by atoms with Crippen LogP contribution in [-0.4, -0.2) is 62.0 Å². The van der Waals surface area contributed by atoms with Gasteiger partial charge in [0.05, 0.1) is 19.8 Å². The van der Waals surface area contributed by atoms with Gasteiger partial charge in [-0.15, -0.1) is 0 Å². The Hall–Kier alpha value is -2.55. The van der Waals surface area contributed by atoms with Crippen molar-refractivity contribution in [3.05, 3.63) is 47.8 Å². The van der Waals surface area contributed by atoms with Gasteiger partial charge in [-0.2, -0.15) is 0 Å². The van der Waals surface area contributed by atoms with Crippen molar-refractivity contribution in [3.63, 3.8) is 0 Å². The second kappa shape index (κ2) is 13.7. The summed E-state index contributed by atoms with van der Waals surface area (Å²) in [6.45, 7) is 2.03. The highest BCUT2D eigenvalue weighted by Crippen LogP contribution is 2.07. The van der Waals surface area contributed by atoms with E-state index in [1.807, 2.05) is 0 Å². The summed E-state index contributed by atoms with van der Waals surface area (Å²) in [6.07, 6.45) is 3.79. The number of aromatic nitrogens is 2. The van der Waals surface area contributed by atoms with Crippen LogP contribution in [0.25, 0.3) is 0 Å². The van der Waals surface area contributed by atoms with E-state index in [9.17, 15) is 4.79 Å². The van der Waals surface area contributed by atoms with Gasteiger partial charge in [-0.05, 0) is 17.7 Å². The summed E-state index contributed by atoms with van der Waals surface area (Å²) in [5.74, 6) is 1.05. The van der Waals surface area contributed by atoms with E-state index >= 15 is 0 Å². The maximum absolute atomic E-state index is 10.3. The average Bonchev–Trinajstić information content (AvgIpc) is 2.70. The third kappa shape index (κ3) is 9.07. The lowest BCUT2D eigenvalue weighted by atomic mass is 10.3. The molecule has 0 aromatic carbocycles. The Bertz CT molecular complexity index is 604. The number of rotatable bonds is 10. The number of carbonyl (C=O) groups excluding carboxylic acids is 1. The third-order valence-corrected chi connectivity index (χ3v) is 2.95. The van der Waals surface area contributed by atoms with Crippen LogP contribution in [0.5, 0.6) is 11.8 Å². The van der Waals surface area contributed by atoms with Crippen molar-refractivity contribution in [2.75, 3.05) is 40.6 Å². The summed E-state index contributed by atoms with van der Waals surface area (Å²) in [6, 6.07) is 6.80. The fourth-order valence-electron chi connectivity index (χ4n) is 1.60. The molecule has 2 rings (SSSR count). The number of methoxy groups -OCH3 is 2. The number of aliphatic hydroxyl groups is 1. The van der Waals surface area contributed by atoms with E-state index in [1.54, 1.807) is 44.7 Å². The van der Waals surface area contributed by atoms with Crippen LogP contribution in [0.15, 0.2) is 36.7 Å². The van der Waals surface area contributed by atoms with Crippen LogP contribution < -0.4 is 9.47 Å². The van der Waals surface area contributed by atoms with Crippen molar-refractivity contribution >= 4 is 6.29 Å². The van der Waals surface area contributed by atoms with E-state index in [-0.39, 0.29) is 6.61 Å². The van der Waals surface area contributed by atoms with Gasteiger partial charge in [0.1, 0.15) is 13.2 Å². The molecule has 0 amide bonds. The van der Waals surface area contributed by atoms with E-state index in [0.29, 0.717) is 43.8 Å². The Balaban J connectivity index is 0.000000260. The number of pyridine rings is 2. The molecule has 1 N–H and O–H groups in total. The number of aliphatic hydroxyl groups excluding tert-OH is 1. The molecule has 0 saturated carbocycles. The lowest BCUT2D eigenvalue weighted by molar-refractivity contribution is 0.112. The van der Waals surface area contributed by atoms with Crippen LogP contribution in [0.1, 0.15) is 15.9 Å². The van der Waals surface area contributed by atoms with E-state index in [2.05, 4.69) is 9.97 Å². The van der Waals surface area contributed by atoms with Crippen LogP contribution >= 0.6 is 0 Å². The Morgan fingerprint density at radius 3 is 1.85 bits per heavy atom. The molecule has 26 heavy (non-hydrogen) atoms. The molecule has 142 valence electrons. The monoisotopic (exact) mass is 364 g/mol. The van der Waals surface area contributed by atoms with Crippen LogP contribution in [-0.2, 0) is 16.1 Å². The molecule has 0 saturated heterocycles. The molecule has 0 aliphatic carbocycles. The molecule has 2 heterocycles. The maximum Gasteiger partial charge on any atom is 0.213 e. The molecule has 0 aliphatic heterocycles. The lowest BCUT2D eigenvalue weighted by Gasteiger charge is -2.04. The quantitative estimate of drug-likeness (QED) is 0.500. The lowest BCUT2D eigenvalue weighted by Crippen LogP contribution is -2.05. The first kappa shape index (κ1) is 21.5. The van der Waals surface area contributed by atoms with Gasteiger partial charge < -0.3 is 24.1 Å². The van der Waals surface area contributed by atoms with Crippen LogP contribution in [0.2, 0.25) is 0 Å². The summed E-state index contributed by atoms with van der Waals surface area (Å²) >= 11 is 0. The first-order valence-electron chi connectivity index (χ1n) is 7.94. The summed E-state index contributed by atoms with van der Waals surface area (Å²) in [5.41, 5.74) is 1.32. The number of carbonyl (C=O) groups is 1. The van der Waals surface area contributed by atoms with E-state index in [0.717, 1.165) is 11.8 Å². The van der Waals surface area contributed by atoms with Gasteiger partial charge in [0.2, 0.25) is 11.8 Å². The van der Waals surface area contributed by atoms with Crippen molar-refractivity contribution in [2.24, 2.45) is 0 Å². The molecule has 8 nitrogen and oxygen atoms in total. The topological polar surface area (TPSA) is 100 Å². The highest BCUT2D eigenvalue weighted by atomic mass is 16.5. The molecular formula is C18H24N2O6. The molecule has 2 aromatic rings. The van der Waals surface area contributed by atoms with Crippen LogP contribution in [0.3, 0.4) is 0 Å². The van der Waals surface area contributed by atoms with Crippen molar-refractivity contribution in [3.8, 4) is 11.8 Å². The van der Waals surface area contributed by atoms with Gasteiger partial charge >= 0.3 is 0 Å². The molecular weight excluding hydrogens is 340 g/mol. The van der Waals surface area contributed by atoms with E-state index < -0.39 is 0 Å². The average molecular weight is 364 g/mol. The number of aldehydes is 1. The third-order valence-electron chi connectivity index (χ3n) is 2.95. The molecule has 2 aromatic heterocycles. The SMILES string of the molecule is COCCOc1ccc(C=O)cn1.COCCOc1ccc(CO)cn1. The molecule has 0 fully saturated rings. The maximum atomic E-state index is 10.3. The fraction of sp³-hybridized carbons (Fsp3) is 0.389. The predicted octanol–water partition coefficient (Wildman–Crippen LogP) is 1.52. The molecule has 0 atom stereocenters. The number of hydrogen-bond acceptors (Lipinski definition) is 8. The first-order chi connectivity index (χ1) is 12.7. The fourth-order valence-corrected chi connectivity index (χ4v) is 1.60. The highest BCUT2D eigenvalue weighted by molar-refractivity contribution is 5.73. The van der Waals surface area contributed by atoms with Crippen molar-refractivity contribution in [1.82, 2.24) is 9.97 Å². The second-order valence-electron chi connectivity index (χ2n) is 4.89. The normalized spacial score (nSPS) is 9.81. The molecule has 0 aliphatic rings. The molecule has 0 radical (unpaired) electrons. The first-order valence-corrected chi connectivity index (χ1v) is 7.94. The highest BCUT2D eigenvalue weighted by Gasteiger charge is 1.96. The standard InChI is InChI=1S/C9H13NO3.C9H11NO3/c2*1-12-4-5-13-9-3-2-8(7-11)6-10-9/h2-3,6,11H,4-5,7H2,1H3;2-3,6-7H,4-5H2,1H3. The Kier molecular flexibility index (Phi) is 11.3. The summed E-state index contributed by atoms with van der Waals surface area (Å²) in [5, 5.41) is 8.74. The Morgan fingerprint density at radius 2 is 1.46 bits per heavy atom. The molecule has 0 unspecified atom stereocenters. The van der Waals surface area contributed by atoms with Crippen LogP contribution in [0, 0.1) is 0 Å². The largest absolute Gasteiger partial charge is 0.475 e. The van der Waals surface area contributed by atoms with Gasteiger partial charge in [-0.1, -0.05) is 0 Å². The minimum absolute atomic E-state index is 0.00531. The van der Waals surface area contributed by atoms with Gasteiger partial charge in [-0.25, -0.2) is 9.97 Å². The Morgan fingerprint density at radius 1 is 0.885 bits per heavy atom. The zero-order valence-electron chi connectivity index (χ0n) is 15.0. The van der Waals surface area contributed by atoms with E-state index in [1.165, 1.54) is 6.20 Å². The second-order valence-corrected chi connectivity index (χ2v) is 4.89. The zero-order chi connectivity index (χ0) is 19.0. The van der Waals surface area contributed by atoms with Crippen LogP contribution in [0.4, 0.5) is 0 Å². The predicted molar refractivity (Wildman–Crippen MR) is 94.5 cm³/mol. The van der Waals surface area contributed by atoms with Gasteiger partial charge in [0, 0.05) is 44.3 Å².